The van der Waals surface area contributed by atoms with Crippen LogP contribution in [0.15, 0.2) is 36.4 Å². The molecule has 0 saturated heterocycles. The fourth-order valence-corrected chi connectivity index (χ4v) is 3.27. The highest BCUT2D eigenvalue weighted by Crippen LogP contribution is 2.36. The van der Waals surface area contributed by atoms with Gasteiger partial charge in [-0.1, -0.05) is 30.3 Å². The number of rotatable bonds is 6. The quantitative estimate of drug-likeness (QED) is 0.829. The first kappa shape index (κ1) is 19.0. The second kappa shape index (κ2) is 8.16. The molecule has 0 aliphatic heterocycles. The highest BCUT2D eigenvalue weighted by Gasteiger charge is 2.20. The van der Waals surface area contributed by atoms with Crippen molar-refractivity contribution in [2.45, 2.75) is 33.2 Å². The Morgan fingerprint density at radius 3 is 2.44 bits per heavy atom. The van der Waals surface area contributed by atoms with E-state index in [9.17, 15) is 9.59 Å². The number of nitrogens with one attached hydrogen (secondary N) is 2. The zero-order valence-electron chi connectivity index (χ0n) is 15.0. The molecule has 134 valence electrons. The molecule has 0 aliphatic carbocycles. The van der Waals surface area contributed by atoms with Crippen LogP contribution in [0.25, 0.3) is 10.4 Å². The number of ether oxygens (including phenoxy) is 1. The average Bonchev–Trinajstić information content (AvgIpc) is 2.96. The first-order chi connectivity index (χ1) is 11.8. The third-order valence-corrected chi connectivity index (χ3v) is 4.35. The van der Waals surface area contributed by atoms with E-state index in [1.807, 2.05) is 64.1 Å². The Labute approximate surface area is 152 Å². The minimum atomic E-state index is -0.332. The smallest absolute Gasteiger partial charge is 0.265 e. The van der Waals surface area contributed by atoms with Gasteiger partial charge in [-0.05, 0) is 39.3 Å². The van der Waals surface area contributed by atoms with Gasteiger partial charge in [0.1, 0.15) is 10.6 Å². The van der Waals surface area contributed by atoms with Gasteiger partial charge >= 0.3 is 0 Å². The highest BCUT2D eigenvalue weighted by molar-refractivity contribution is 7.17. The van der Waals surface area contributed by atoms with Crippen LogP contribution in [0.2, 0.25) is 0 Å². The van der Waals surface area contributed by atoms with E-state index < -0.39 is 0 Å². The summed E-state index contributed by atoms with van der Waals surface area (Å²) in [7, 11) is 0. The Balaban J connectivity index is 2.12. The van der Waals surface area contributed by atoms with Crippen molar-refractivity contribution in [3.05, 3.63) is 41.3 Å². The zero-order chi connectivity index (χ0) is 18.4. The van der Waals surface area contributed by atoms with Crippen molar-refractivity contribution < 1.29 is 14.3 Å². The Kier molecular flexibility index (Phi) is 6.20. The summed E-state index contributed by atoms with van der Waals surface area (Å²) in [5.41, 5.74) is 0.694. The summed E-state index contributed by atoms with van der Waals surface area (Å²) in [5, 5.41) is 5.48. The number of thiophene rings is 1. The summed E-state index contributed by atoms with van der Waals surface area (Å²) in [5.74, 6) is 0.0124. The molecule has 2 N–H and O–H groups in total. The number of benzene rings is 1. The summed E-state index contributed by atoms with van der Waals surface area (Å²) in [6.07, 6.45) is 0. The number of hydrogen-bond acceptors (Lipinski definition) is 4. The average molecular weight is 360 g/mol. The maximum Gasteiger partial charge on any atom is 0.265 e. The lowest BCUT2D eigenvalue weighted by Gasteiger charge is -2.20. The Bertz CT molecular complexity index is 733. The lowest BCUT2D eigenvalue weighted by atomic mass is 10.1. The maximum atomic E-state index is 12.5. The van der Waals surface area contributed by atoms with E-state index >= 15 is 0 Å². The van der Waals surface area contributed by atoms with Crippen LogP contribution in [0.4, 0.5) is 0 Å². The van der Waals surface area contributed by atoms with Gasteiger partial charge in [0.2, 0.25) is 5.91 Å². The molecular formula is C19H24N2O3S. The van der Waals surface area contributed by atoms with Gasteiger partial charge in [0.25, 0.3) is 5.91 Å². The molecule has 0 fully saturated rings. The molecule has 0 saturated carbocycles. The SMILES string of the molecule is CCOc1cc(-c2ccccc2)sc1C(=O)NCC(=O)NC(C)(C)C. The van der Waals surface area contributed by atoms with E-state index in [4.69, 9.17) is 4.74 Å². The van der Waals surface area contributed by atoms with Crippen molar-refractivity contribution in [1.82, 2.24) is 10.6 Å². The number of amides is 2. The summed E-state index contributed by atoms with van der Waals surface area (Å²) in [6.45, 7) is 7.95. The van der Waals surface area contributed by atoms with Crippen molar-refractivity contribution in [2.75, 3.05) is 13.2 Å². The normalized spacial score (nSPS) is 11.0. The molecule has 0 aliphatic rings. The summed E-state index contributed by atoms with van der Waals surface area (Å²) < 4.78 is 5.60. The molecule has 6 heteroatoms. The van der Waals surface area contributed by atoms with Crippen LogP contribution >= 0.6 is 11.3 Å². The fraction of sp³-hybridized carbons (Fsp3) is 0.368. The molecule has 2 amide bonds. The van der Waals surface area contributed by atoms with Crippen LogP contribution in [0.5, 0.6) is 5.75 Å². The standard InChI is InChI=1S/C19H24N2O3S/c1-5-24-14-11-15(13-9-7-6-8-10-13)25-17(14)18(23)20-12-16(22)21-19(2,3)4/h6-11H,5,12H2,1-4H3,(H,20,23)(H,21,22). The molecule has 2 rings (SSSR count). The van der Waals surface area contributed by atoms with E-state index in [1.54, 1.807) is 0 Å². The molecule has 25 heavy (non-hydrogen) atoms. The van der Waals surface area contributed by atoms with Gasteiger partial charge in [-0.3, -0.25) is 9.59 Å². The zero-order valence-corrected chi connectivity index (χ0v) is 15.8. The Hall–Kier alpha value is -2.34. The Morgan fingerprint density at radius 2 is 1.84 bits per heavy atom. The minimum Gasteiger partial charge on any atom is -0.492 e. The topological polar surface area (TPSA) is 67.4 Å². The molecule has 0 atom stereocenters. The lowest BCUT2D eigenvalue weighted by molar-refractivity contribution is -0.121. The van der Waals surface area contributed by atoms with E-state index in [0.29, 0.717) is 17.2 Å². The van der Waals surface area contributed by atoms with Crippen LogP contribution in [0, 0.1) is 0 Å². The van der Waals surface area contributed by atoms with E-state index in [-0.39, 0.29) is 23.9 Å². The molecule has 1 aromatic heterocycles. The molecular weight excluding hydrogens is 336 g/mol. The van der Waals surface area contributed by atoms with Crippen molar-refractivity contribution in [1.29, 1.82) is 0 Å². The summed E-state index contributed by atoms with van der Waals surface area (Å²) in [6, 6.07) is 11.7. The van der Waals surface area contributed by atoms with E-state index in [1.165, 1.54) is 11.3 Å². The van der Waals surface area contributed by atoms with Gasteiger partial charge in [-0.25, -0.2) is 0 Å². The number of carbonyl (C=O) groups is 2. The lowest BCUT2D eigenvalue weighted by Crippen LogP contribution is -2.45. The van der Waals surface area contributed by atoms with Crippen molar-refractivity contribution in [3.63, 3.8) is 0 Å². The van der Waals surface area contributed by atoms with E-state index in [2.05, 4.69) is 10.6 Å². The van der Waals surface area contributed by atoms with Crippen LogP contribution in [0.3, 0.4) is 0 Å². The first-order valence-electron chi connectivity index (χ1n) is 8.21. The largest absolute Gasteiger partial charge is 0.492 e. The number of carbonyl (C=O) groups excluding carboxylic acids is 2. The fourth-order valence-electron chi connectivity index (χ4n) is 2.24. The van der Waals surface area contributed by atoms with Gasteiger partial charge in [0.15, 0.2) is 0 Å². The second-order valence-corrected chi connectivity index (χ2v) is 7.64. The predicted octanol–water partition coefficient (Wildman–Crippen LogP) is 3.46. The predicted molar refractivity (Wildman–Crippen MR) is 101 cm³/mol. The molecule has 0 radical (unpaired) electrons. The van der Waals surface area contributed by atoms with Gasteiger partial charge in [0.05, 0.1) is 13.2 Å². The van der Waals surface area contributed by atoms with Crippen LogP contribution < -0.4 is 15.4 Å². The highest BCUT2D eigenvalue weighted by atomic mass is 32.1. The van der Waals surface area contributed by atoms with Gasteiger partial charge in [-0.15, -0.1) is 11.3 Å². The molecule has 0 spiro atoms. The van der Waals surface area contributed by atoms with Crippen LogP contribution in [-0.2, 0) is 4.79 Å². The third kappa shape index (κ3) is 5.60. The summed E-state index contributed by atoms with van der Waals surface area (Å²) in [4.78, 5) is 25.8. The van der Waals surface area contributed by atoms with E-state index in [0.717, 1.165) is 10.4 Å². The van der Waals surface area contributed by atoms with Crippen molar-refractivity contribution >= 4 is 23.2 Å². The van der Waals surface area contributed by atoms with Crippen LogP contribution in [-0.4, -0.2) is 30.5 Å². The van der Waals surface area contributed by atoms with Gasteiger partial charge in [-0.2, -0.15) is 0 Å². The maximum absolute atomic E-state index is 12.5. The third-order valence-electron chi connectivity index (χ3n) is 3.19. The first-order valence-corrected chi connectivity index (χ1v) is 9.03. The minimum absolute atomic E-state index is 0.0692. The second-order valence-electron chi connectivity index (χ2n) is 6.58. The molecule has 1 aromatic carbocycles. The molecule has 2 aromatic rings. The molecule has 0 unspecified atom stereocenters. The van der Waals surface area contributed by atoms with Gasteiger partial charge in [0, 0.05) is 10.4 Å². The monoisotopic (exact) mass is 360 g/mol. The Morgan fingerprint density at radius 1 is 1.16 bits per heavy atom. The van der Waals surface area contributed by atoms with Crippen molar-refractivity contribution in [2.24, 2.45) is 0 Å². The molecule has 5 nitrogen and oxygen atoms in total. The molecule has 0 bridgehead atoms. The van der Waals surface area contributed by atoms with Crippen LogP contribution in [0.1, 0.15) is 37.4 Å². The van der Waals surface area contributed by atoms with Gasteiger partial charge < -0.3 is 15.4 Å². The number of hydrogen-bond donors (Lipinski definition) is 2. The summed E-state index contributed by atoms with van der Waals surface area (Å²) >= 11 is 1.36. The molecule has 1 heterocycles. The van der Waals surface area contributed by atoms with Crippen molar-refractivity contribution in [3.8, 4) is 16.2 Å².